The summed E-state index contributed by atoms with van der Waals surface area (Å²) in [5.74, 6) is 5.81. The molecule has 2 N–H and O–H groups in total. The molecule has 68 valence electrons. The molecule has 0 amide bonds. The van der Waals surface area contributed by atoms with Gasteiger partial charge in [0.1, 0.15) is 0 Å². The summed E-state index contributed by atoms with van der Waals surface area (Å²) in [7, 11) is 0. The first-order valence-corrected chi connectivity index (χ1v) is 5.07. The molecule has 0 radical (unpaired) electrons. The summed E-state index contributed by atoms with van der Waals surface area (Å²) in [5.41, 5.74) is 1.28. The monoisotopic (exact) mass is 278 g/mol. The van der Waals surface area contributed by atoms with Gasteiger partial charge in [-0.15, -0.1) is 0 Å². The molecule has 0 saturated carbocycles. The second kappa shape index (κ2) is 3.38. The first-order valence-electron chi connectivity index (χ1n) is 4.00. The lowest BCUT2D eigenvalue weighted by atomic mass is 9.92. The smallest absolute Gasteiger partial charge is 0.0642 e. The molecule has 0 aromatic carbocycles. The molecule has 1 aliphatic heterocycles. The van der Waals surface area contributed by atoms with Crippen LogP contribution in [0, 0.1) is 5.41 Å². The average Bonchev–Trinajstić information content (AvgIpc) is 1.89. The largest absolute Gasteiger partial charge is 0.311 e. The van der Waals surface area contributed by atoms with Crippen molar-refractivity contribution in [2.75, 3.05) is 6.54 Å². The molecule has 0 unspecified atom stereocenters. The van der Waals surface area contributed by atoms with Crippen molar-refractivity contribution >= 4 is 22.6 Å². The van der Waals surface area contributed by atoms with Crippen LogP contribution in [0.5, 0.6) is 0 Å². The molecule has 0 bridgehead atoms. The third-order valence-corrected chi connectivity index (χ3v) is 2.54. The predicted octanol–water partition coefficient (Wildman–Crippen LogP) is 2.42. The Hall–Kier alpha value is -0.0300. The summed E-state index contributed by atoms with van der Waals surface area (Å²) in [6.07, 6.45) is 4.45. The van der Waals surface area contributed by atoms with Gasteiger partial charge in [0, 0.05) is 14.7 Å². The van der Waals surface area contributed by atoms with E-state index in [1.807, 2.05) is 6.92 Å². The third-order valence-electron chi connectivity index (χ3n) is 1.88. The van der Waals surface area contributed by atoms with E-state index < -0.39 is 0 Å². The maximum Gasteiger partial charge on any atom is 0.0642 e. The third kappa shape index (κ3) is 2.48. The average molecular weight is 278 g/mol. The molecule has 0 aromatic rings. The maximum absolute atomic E-state index is 5.81. The Kier molecular flexibility index (Phi) is 2.83. The number of hydrogen-bond donors (Lipinski definition) is 1. The number of hydrogen-bond acceptors (Lipinski definition) is 2. The van der Waals surface area contributed by atoms with E-state index >= 15 is 0 Å². The van der Waals surface area contributed by atoms with E-state index in [1.54, 1.807) is 5.01 Å². The Balaban J connectivity index is 2.99. The SMILES string of the molecule is CC1=CC(C)(C)C=C(I)CN1N. The number of halogens is 1. The van der Waals surface area contributed by atoms with Crippen LogP contribution in [0.15, 0.2) is 21.4 Å². The van der Waals surface area contributed by atoms with Gasteiger partial charge in [0.2, 0.25) is 0 Å². The summed E-state index contributed by atoms with van der Waals surface area (Å²) in [4.78, 5) is 0. The zero-order chi connectivity index (χ0) is 9.35. The molecular weight excluding hydrogens is 263 g/mol. The van der Waals surface area contributed by atoms with E-state index in [9.17, 15) is 0 Å². The van der Waals surface area contributed by atoms with Crippen molar-refractivity contribution in [2.24, 2.45) is 11.3 Å². The second-order valence-electron chi connectivity index (χ2n) is 3.83. The van der Waals surface area contributed by atoms with Gasteiger partial charge in [0.25, 0.3) is 0 Å². The van der Waals surface area contributed by atoms with Crippen molar-refractivity contribution in [1.82, 2.24) is 5.01 Å². The zero-order valence-corrected chi connectivity index (χ0v) is 9.92. The van der Waals surface area contributed by atoms with E-state index in [-0.39, 0.29) is 5.41 Å². The maximum atomic E-state index is 5.81. The summed E-state index contributed by atoms with van der Waals surface area (Å²) in [5, 5.41) is 1.78. The van der Waals surface area contributed by atoms with Gasteiger partial charge in [-0.25, -0.2) is 5.84 Å². The number of rotatable bonds is 0. The van der Waals surface area contributed by atoms with Gasteiger partial charge >= 0.3 is 0 Å². The lowest BCUT2D eigenvalue weighted by Crippen LogP contribution is -2.29. The van der Waals surface area contributed by atoms with Gasteiger partial charge in [-0.3, -0.25) is 0 Å². The Morgan fingerprint density at radius 1 is 1.50 bits per heavy atom. The van der Waals surface area contributed by atoms with Crippen molar-refractivity contribution in [1.29, 1.82) is 0 Å². The lowest BCUT2D eigenvalue weighted by molar-refractivity contribution is 0.397. The fraction of sp³-hybridized carbons (Fsp3) is 0.556. The second-order valence-corrected chi connectivity index (χ2v) is 5.21. The topological polar surface area (TPSA) is 29.3 Å². The molecule has 3 heteroatoms. The van der Waals surface area contributed by atoms with Gasteiger partial charge in [-0.2, -0.15) is 0 Å². The highest BCUT2D eigenvalue weighted by molar-refractivity contribution is 14.1. The Morgan fingerprint density at radius 2 is 2.08 bits per heavy atom. The molecule has 0 saturated heterocycles. The van der Waals surface area contributed by atoms with E-state index in [0.29, 0.717) is 0 Å². The van der Waals surface area contributed by atoms with Crippen molar-refractivity contribution < 1.29 is 0 Å². The van der Waals surface area contributed by atoms with Gasteiger partial charge in [-0.1, -0.05) is 26.0 Å². The van der Waals surface area contributed by atoms with Gasteiger partial charge in [-0.05, 0) is 29.5 Å². The molecule has 0 atom stereocenters. The minimum Gasteiger partial charge on any atom is -0.311 e. The Bertz CT molecular complexity index is 241. The van der Waals surface area contributed by atoms with Crippen LogP contribution in [-0.4, -0.2) is 11.6 Å². The highest BCUT2D eigenvalue weighted by atomic mass is 127. The van der Waals surface area contributed by atoms with Crippen molar-refractivity contribution in [3.63, 3.8) is 0 Å². The highest BCUT2D eigenvalue weighted by Crippen LogP contribution is 2.28. The first kappa shape index (κ1) is 10.1. The molecule has 1 aliphatic rings. The van der Waals surface area contributed by atoms with Crippen LogP contribution < -0.4 is 5.84 Å². The molecule has 0 fully saturated rings. The summed E-state index contributed by atoms with van der Waals surface area (Å²) in [6, 6.07) is 0. The fourth-order valence-electron chi connectivity index (χ4n) is 1.40. The van der Waals surface area contributed by atoms with E-state index in [1.165, 1.54) is 3.58 Å². The van der Waals surface area contributed by atoms with Crippen LogP contribution in [-0.2, 0) is 0 Å². The van der Waals surface area contributed by atoms with Gasteiger partial charge < -0.3 is 5.01 Å². The number of nitrogens with zero attached hydrogens (tertiary/aromatic N) is 1. The van der Waals surface area contributed by atoms with E-state index in [0.717, 1.165) is 12.2 Å². The van der Waals surface area contributed by atoms with Crippen LogP contribution in [0.1, 0.15) is 20.8 Å². The molecule has 2 nitrogen and oxygen atoms in total. The predicted molar refractivity (Wildman–Crippen MR) is 60.5 cm³/mol. The molecule has 1 heterocycles. The summed E-state index contributed by atoms with van der Waals surface area (Å²) < 4.78 is 1.30. The molecule has 0 aliphatic carbocycles. The van der Waals surface area contributed by atoms with E-state index in [2.05, 4.69) is 48.6 Å². The van der Waals surface area contributed by atoms with Crippen molar-refractivity contribution in [2.45, 2.75) is 20.8 Å². The van der Waals surface area contributed by atoms with Crippen molar-refractivity contribution in [3.8, 4) is 0 Å². The zero-order valence-electron chi connectivity index (χ0n) is 7.76. The van der Waals surface area contributed by atoms with Crippen LogP contribution in [0.4, 0.5) is 0 Å². The standard InChI is InChI=1S/C9H15IN2/c1-7-4-9(2,3)5-8(10)6-12(7)11/h4-5H,6,11H2,1-3H3. The summed E-state index contributed by atoms with van der Waals surface area (Å²) in [6.45, 7) is 7.25. The fourth-order valence-corrected chi connectivity index (χ4v) is 2.57. The molecule has 0 spiro atoms. The summed E-state index contributed by atoms with van der Waals surface area (Å²) >= 11 is 2.34. The van der Waals surface area contributed by atoms with Crippen LogP contribution in [0.2, 0.25) is 0 Å². The minimum atomic E-state index is 0.134. The van der Waals surface area contributed by atoms with Crippen molar-refractivity contribution in [3.05, 3.63) is 21.4 Å². The minimum absolute atomic E-state index is 0.134. The molecule has 1 rings (SSSR count). The molecular formula is C9H15IN2. The normalized spacial score (nSPS) is 22.9. The van der Waals surface area contributed by atoms with Crippen LogP contribution in [0.3, 0.4) is 0 Å². The Morgan fingerprint density at radius 3 is 2.67 bits per heavy atom. The molecule has 0 aromatic heterocycles. The van der Waals surface area contributed by atoms with Gasteiger partial charge in [0.15, 0.2) is 0 Å². The van der Waals surface area contributed by atoms with E-state index in [4.69, 9.17) is 5.84 Å². The van der Waals surface area contributed by atoms with Gasteiger partial charge in [0.05, 0.1) is 6.54 Å². The van der Waals surface area contributed by atoms with Crippen LogP contribution >= 0.6 is 22.6 Å². The molecule has 12 heavy (non-hydrogen) atoms. The highest BCUT2D eigenvalue weighted by Gasteiger charge is 2.18. The lowest BCUT2D eigenvalue weighted by Gasteiger charge is -2.18. The number of nitrogens with two attached hydrogens (primary N) is 1. The Labute approximate surface area is 87.6 Å². The quantitative estimate of drug-likeness (QED) is 0.544. The first-order chi connectivity index (χ1) is 5.41. The van der Waals surface area contributed by atoms with Crippen LogP contribution in [0.25, 0.3) is 0 Å². The number of hydrazine groups is 1. The number of allylic oxidation sites excluding steroid dienone is 3.